The minimum absolute atomic E-state index is 0.101. The highest BCUT2D eigenvalue weighted by molar-refractivity contribution is 5.30. The lowest BCUT2D eigenvalue weighted by molar-refractivity contribution is 0.111. The van der Waals surface area contributed by atoms with Gasteiger partial charge in [0.2, 0.25) is 5.43 Å². The highest BCUT2D eigenvalue weighted by atomic mass is 16.3. The molecule has 7 heteroatoms. The van der Waals surface area contributed by atoms with Crippen LogP contribution in [0.3, 0.4) is 0 Å². The number of piperidine rings is 1. The van der Waals surface area contributed by atoms with Gasteiger partial charge in [-0.2, -0.15) is 0 Å². The Morgan fingerprint density at radius 2 is 1.86 bits per heavy atom. The summed E-state index contributed by atoms with van der Waals surface area (Å²) in [6.45, 7) is 12.0. The van der Waals surface area contributed by atoms with E-state index in [2.05, 4.69) is 41.2 Å². The van der Waals surface area contributed by atoms with Crippen LogP contribution >= 0.6 is 0 Å². The zero-order valence-corrected chi connectivity index (χ0v) is 22.2. The summed E-state index contributed by atoms with van der Waals surface area (Å²) in [5.74, 6) is 0.682. The average molecular weight is 493 g/mol. The van der Waals surface area contributed by atoms with Crippen molar-refractivity contribution in [2.75, 3.05) is 19.6 Å². The van der Waals surface area contributed by atoms with Crippen LogP contribution in [0.5, 0.6) is 5.75 Å². The summed E-state index contributed by atoms with van der Waals surface area (Å²) >= 11 is 0. The minimum Gasteiger partial charge on any atom is -0.503 e. The summed E-state index contributed by atoms with van der Waals surface area (Å²) in [6.07, 6.45) is 4.71. The third-order valence-corrected chi connectivity index (χ3v) is 9.46. The molecule has 0 aromatic carbocycles. The van der Waals surface area contributed by atoms with Crippen molar-refractivity contribution in [2.45, 2.75) is 78.0 Å². The van der Waals surface area contributed by atoms with Gasteiger partial charge >= 0.3 is 0 Å². The first-order valence-corrected chi connectivity index (χ1v) is 13.6. The van der Waals surface area contributed by atoms with Gasteiger partial charge in [-0.3, -0.25) is 19.4 Å². The Kier molecular flexibility index (Phi) is 5.54. The number of fused-ring (bicyclic) bond motifs is 6. The maximum absolute atomic E-state index is 12.9. The van der Waals surface area contributed by atoms with Crippen molar-refractivity contribution in [3.8, 4) is 5.75 Å². The lowest BCUT2D eigenvalue weighted by Gasteiger charge is -2.43. The van der Waals surface area contributed by atoms with Crippen LogP contribution in [-0.2, 0) is 26.7 Å². The molecule has 36 heavy (non-hydrogen) atoms. The number of hydrogen-bond donors (Lipinski definition) is 1. The normalized spacial score (nSPS) is 31.4. The molecule has 1 N–H and O–H groups in total. The fourth-order valence-electron chi connectivity index (χ4n) is 8.43. The largest absolute Gasteiger partial charge is 0.503 e. The van der Waals surface area contributed by atoms with Crippen molar-refractivity contribution in [3.63, 3.8) is 0 Å². The Labute approximate surface area is 213 Å². The van der Waals surface area contributed by atoms with Crippen LogP contribution in [0.2, 0.25) is 0 Å². The predicted molar refractivity (Wildman–Crippen MR) is 140 cm³/mol. The summed E-state index contributed by atoms with van der Waals surface area (Å²) in [5, 5.41) is 10.8. The van der Waals surface area contributed by atoms with E-state index in [0.717, 1.165) is 56.1 Å². The van der Waals surface area contributed by atoms with Crippen LogP contribution < -0.4 is 11.0 Å². The standard InChI is InChI=1S/C29H40N4O3/c1-28(2)10-22-11-29(3,17-28)18-32(22)16-24-27(36)25(34)9-21(30(24)4)15-31-12-19-8-20(14-31)23-6-5-7-26(35)33(23)13-19/h5-7,9,19-20,22,36H,8,10-18H2,1-4H3/t19-,20+,22+,29+/m1/s1. The van der Waals surface area contributed by atoms with Gasteiger partial charge in [0.05, 0.1) is 5.69 Å². The second kappa shape index (κ2) is 8.32. The Balaban J connectivity index is 1.24. The highest BCUT2D eigenvalue weighted by Crippen LogP contribution is 2.52. The van der Waals surface area contributed by atoms with Gasteiger partial charge in [-0.05, 0) is 48.5 Å². The summed E-state index contributed by atoms with van der Waals surface area (Å²) < 4.78 is 4.02. The van der Waals surface area contributed by atoms with Crippen LogP contribution in [-0.4, -0.2) is 49.7 Å². The third-order valence-electron chi connectivity index (χ3n) is 9.46. The second-order valence-corrected chi connectivity index (χ2v) is 13.4. The molecule has 0 spiro atoms. The summed E-state index contributed by atoms with van der Waals surface area (Å²) in [5.41, 5.74) is 3.29. The van der Waals surface area contributed by atoms with Gasteiger partial charge in [-0.15, -0.1) is 0 Å². The first-order chi connectivity index (χ1) is 17.0. The molecule has 1 aliphatic carbocycles. The molecule has 3 aliphatic heterocycles. The van der Waals surface area contributed by atoms with Gasteiger partial charge in [0.25, 0.3) is 5.56 Å². The van der Waals surface area contributed by atoms with Gasteiger partial charge < -0.3 is 14.2 Å². The van der Waals surface area contributed by atoms with Crippen molar-refractivity contribution in [2.24, 2.45) is 23.8 Å². The SMILES string of the molecule is Cn1c(CN2C[C@H]3C[C@@H](C2)c2cccc(=O)n2C3)cc(=O)c(O)c1CN1C[C@@]2(C)C[C@@H]1CC(C)(C)C2. The molecule has 4 bridgehead atoms. The fraction of sp³-hybridized carbons (Fsp3) is 0.655. The van der Waals surface area contributed by atoms with E-state index in [-0.39, 0.29) is 16.7 Å². The van der Waals surface area contributed by atoms with Gasteiger partial charge in [-0.1, -0.05) is 26.8 Å². The van der Waals surface area contributed by atoms with Gasteiger partial charge in [0.15, 0.2) is 5.75 Å². The van der Waals surface area contributed by atoms with Gasteiger partial charge in [0, 0.05) is 81.8 Å². The van der Waals surface area contributed by atoms with Crippen molar-refractivity contribution in [3.05, 3.63) is 61.9 Å². The Morgan fingerprint density at radius 1 is 1.06 bits per heavy atom. The molecule has 1 saturated carbocycles. The van der Waals surface area contributed by atoms with E-state index in [1.165, 1.54) is 12.8 Å². The zero-order chi connectivity index (χ0) is 25.4. The molecule has 4 atom stereocenters. The van der Waals surface area contributed by atoms with Crippen LogP contribution in [0.15, 0.2) is 33.9 Å². The van der Waals surface area contributed by atoms with E-state index in [1.54, 1.807) is 12.1 Å². The molecular formula is C29H40N4O3. The lowest BCUT2D eigenvalue weighted by atomic mass is 9.65. The molecule has 0 unspecified atom stereocenters. The predicted octanol–water partition coefficient (Wildman–Crippen LogP) is 3.27. The molecule has 3 fully saturated rings. The molecule has 2 aromatic rings. The molecule has 194 valence electrons. The monoisotopic (exact) mass is 492 g/mol. The third kappa shape index (κ3) is 4.14. The minimum atomic E-state index is -0.277. The van der Waals surface area contributed by atoms with Crippen LogP contribution in [0.25, 0.3) is 0 Å². The first kappa shape index (κ1) is 24.0. The maximum atomic E-state index is 12.9. The summed E-state index contributed by atoms with van der Waals surface area (Å²) in [7, 11) is 2.00. The second-order valence-electron chi connectivity index (χ2n) is 13.4. The van der Waals surface area contributed by atoms with Crippen LogP contribution in [0.4, 0.5) is 0 Å². The van der Waals surface area contributed by atoms with Gasteiger partial charge in [-0.25, -0.2) is 0 Å². The molecule has 4 aliphatic rings. The highest BCUT2D eigenvalue weighted by Gasteiger charge is 2.49. The molecular weight excluding hydrogens is 452 g/mol. The molecule has 0 amide bonds. The summed E-state index contributed by atoms with van der Waals surface area (Å²) in [4.78, 5) is 30.2. The Hall–Kier alpha value is -2.38. The molecule has 0 radical (unpaired) electrons. The van der Waals surface area contributed by atoms with E-state index in [4.69, 9.17) is 0 Å². The van der Waals surface area contributed by atoms with Crippen molar-refractivity contribution < 1.29 is 5.11 Å². The Bertz CT molecular complexity index is 1310. The number of aromatic nitrogens is 2. The number of likely N-dealkylation sites (tertiary alicyclic amines) is 2. The van der Waals surface area contributed by atoms with E-state index < -0.39 is 0 Å². The first-order valence-electron chi connectivity index (χ1n) is 13.6. The van der Waals surface area contributed by atoms with E-state index >= 15 is 0 Å². The molecule has 5 heterocycles. The molecule has 2 saturated heterocycles. The van der Waals surface area contributed by atoms with Crippen molar-refractivity contribution in [1.82, 2.24) is 18.9 Å². The molecule has 6 rings (SSSR count). The number of nitrogens with zero attached hydrogens (tertiary/aromatic N) is 4. The maximum Gasteiger partial charge on any atom is 0.250 e. The quantitative estimate of drug-likeness (QED) is 0.710. The van der Waals surface area contributed by atoms with E-state index in [1.807, 2.05) is 17.7 Å². The average Bonchev–Trinajstić information content (AvgIpc) is 3.03. The Morgan fingerprint density at radius 3 is 2.67 bits per heavy atom. The lowest BCUT2D eigenvalue weighted by Crippen LogP contribution is -2.47. The van der Waals surface area contributed by atoms with Gasteiger partial charge in [0.1, 0.15) is 0 Å². The van der Waals surface area contributed by atoms with Crippen LogP contribution in [0, 0.1) is 16.7 Å². The smallest absolute Gasteiger partial charge is 0.250 e. The summed E-state index contributed by atoms with van der Waals surface area (Å²) in [6, 6.07) is 7.74. The molecule has 2 aromatic heterocycles. The van der Waals surface area contributed by atoms with Crippen LogP contribution in [0.1, 0.15) is 69.5 Å². The van der Waals surface area contributed by atoms with E-state index in [9.17, 15) is 14.7 Å². The number of aromatic hydroxyl groups is 1. The van der Waals surface area contributed by atoms with Crippen molar-refractivity contribution in [1.29, 1.82) is 0 Å². The number of rotatable bonds is 4. The van der Waals surface area contributed by atoms with Crippen molar-refractivity contribution >= 4 is 0 Å². The topological polar surface area (TPSA) is 70.7 Å². The number of pyridine rings is 2. The zero-order valence-electron chi connectivity index (χ0n) is 22.2. The molecule has 7 nitrogen and oxygen atoms in total. The number of hydrogen-bond acceptors (Lipinski definition) is 5. The fourth-order valence-corrected chi connectivity index (χ4v) is 8.43. The van der Waals surface area contributed by atoms with E-state index in [0.29, 0.717) is 41.8 Å².